The zero-order valence-electron chi connectivity index (χ0n) is 9.79. The Morgan fingerprint density at radius 2 is 1.79 bits per heavy atom. The van der Waals surface area contributed by atoms with Crippen LogP contribution in [0.2, 0.25) is 0 Å². The van der Waals surface area contributed by atoms with Gasteiger partial charge in [-0.25, -0.2) is 0 Å². The number of ether oxygens (including phenoxy) is 1. The molecule has 0 aliphatic rings. The number of hydrogen-bond acceptors (Lipinski definition) is 1. The van der Waals surface area contributed by atoms with Crippen molar-refractivity contribution < 1.29 is 4.74 Å². The van der Waals surface area contributed by atoms with Crippen LogP contribution in [0.3, 0.4) is 0 Å². The summed E-state index contributed by atoms with van der Waals surface area (Å²) in [6.45, 7) is 8.42. The van der Waals surface area contributed by atoms with Gasteiger partial charge >= 0.3 is 0 Å². The van der Waals surface area contributed by atoms with E-state index < -0.39 is 0 Å². The van der Waals surface area contributed by atoms with Gasteiger partial charge in [0, 0.05) is 10.2 Å². The standard InChI is InChI=1S/C12H20OSi/c1-9(13-12(2,3)4)10-7-5-6-8-11(10)14/h5-9H,1-4,14H3. The normalized spacial score (nSPS) is 14.3. The zero-order chi connectivity index (χ0) is 10.8. The third kappa shape index (κ3) is 3.27. The minimum Gasteiger partial charge on any atom is -0.368 e. The molecule has 2 heteroatoms. The molecule has 0 fully saturated rings. The molecule has 1 unspecified atom stereocenters. The van der Waals surface area contributed by atoms with E-state index in [1.54, 1.807) is 0 Å². The molecule has 78 valence electrons. The summed E-state index contributed by atoms with van der Waals surface area (Å²) in [5.74, 6) is 0. The van der Waals surface area contributed by atoms with Crippen molar-refractivity contribution in [3.05, 3.63) is 29.8 Å². The van der Waals surface area contributed by atoms with Gasteiger partial charge in [0.2, 0.25) is 0 Å². The second kappa shape index (κ2) is 4.28. The third-order valence-electron chi connectivity index (χ3n) is 2.16. The first-order valence-electron chi connectivity index (χ1n) is 5.13. The van der Waals surface area contributed by atoms with Crippen LogP contribution in [0.15, 0.2) is 24.3 Å². The lowest BCUT2D eigenvalue weighted by molar-refractivity contribution is -0.0525. The van der Waals surface area contributed by atoms with Crippen molar-refractivity contribution >= 4 is 15.4 Å². The number of hydrogen-bond donors (Lipinski definition) is 0. The summed E-state index contributed by atoms with van der Waals surface area (Å²) in [5.41, 5.74) is 1.28. The molecule has 1 aromatic carbocycles. The topological polar surface area (TPSA) is 9.23 Å². The fourth-order valence-electron chi connectivity index (χ4n) is 1.64. The molecule has 1 aromatic rings. The van der Waals surface area contributed by atoms with E-state index >= 15 is 0 Å². The van der Waals surface area contributed by atoms with Gasteiger partial charge in [-0.1, -0.05) is 29.5 Å². The molecular formula is C12H20OSi. The van der Waals surface area contributed by atoms with E-state index in [1.807, 2.05) is 0 Å². The number of rotatable bonds is 2. The lowest BCUT2D eigenvalue weighted by Gasteiger charge is -2.26. The molecule has 1 nitrogen and oxygen atoms in total. The molecule has 1 rings (SSSR count). The van der Waals surface area contributed by atoms with Gasteiger partial charge in [0.15, 0.2) is 0 Å². The molecule has 0 aliphatic carbocycles. The first-order valence-corrected chi connectivity index (χ1v) is 6.13. The maximum absolute atomic E-state index is 5.93. The molecule has 0 saturated heterocycles. The second-order valence-corrected chi connectivity index (χ2v) is 5.81. The molecule has 0 amide bonds. The molecular weight excluding hydrogens is 188 g/mol. The van der Waals surface area contributed by atoms with Gasteiger partial charge in [0.1, 0.15) is 0 Å². The van der Waals surface area contributed by atoms with Gasteiger partial charge in [0.25, 0.3) is 0 Å². The highest BCUT2D eigenvalue weighted by atomic mass is 28.1. The smallest absolute Gasteiger partial charge is 0.0802 e. The molecule has 14 heavy (non-hydrogen) atoms. The van der Waals surface area contributed by atoms with Gasteiger partial charge in [0.05, 0.1) is 11.7 Å². The Balaban J connectivity index is 2.80. The van der Waals surface area contributed by atoms with Crippen LogP contribution in [0, 0.1) is 0 Å². The van der Waals surface area contributed by atoms with Crippen molar-refractivity contribution in [2.45, 2.75) is 39.4 Å². The van der Waals surface area contributed by atoms with E-state index in [2.05, 4.69) is 52.0 Å². The van der Waals surface area contributed by atoms with Crippen molar-refractivity contribution in [1.82, 2.24) is 0 Å². The fourth-order valence-corrected chi connectivity index (χ4v) is 2.40. The highest BCUT2D eigenvalue weighted by Crippen LogP contribution is 2.21. The zero-order valence-corrected chi connectivity index (χ0v) is 11.8. The van der Waals surface area contributed by atoms with Crippen molar-refractivity contribution in [3.63, 3.8) is 0 Å². The van der Waals surface area contributed by atoms with Crippen molar-refractivity contribution in [3.8, 4) is 0 Å². The molecule has 0 aromatic heterocycles. The van der Waals surface area contributed by atoms with Gasteiger partial charge in [-0.15, -0.1) is 0 Å². The van der Waals surface area contributed by atoms with Crippen LogP contribution in [-0.2, 0) is 4.74 Å². The quantitative estimate of drug-likeness (QED) is 0.670. The summed E-state index contributed by atoms with van der Waals surface area (Å²) >= 11 is 0. The molecule has 0 spiro atoms. The Labute approximate surface area is 89.9 Å². The van der Waals surface area contributed by atoms with E-state index in [0.717, 1.165) is 10.2 Å². The molecule has 1 atom stereocenters. The summed E-state index contributed by atoms with van der Waals surface area (Å²) in [5, 5.41) is 1.43. The second-order valence-electron chi connectivity index (χ2n) is 4.73. The SMILES string of the molecule is CC(OC(C)(C)C)c1ccccc1[SiH3]. The molecule has 0 aliphatic heterocycles. The third-order valence-corrected chi connectivity index (χ3v) is 3.07. The predicted molar refractivity (Wildman–Crippen MR) is 65.3 cm³/mol. The number of benzene rings is 1. The lowest BCUT2D eigenvalue weighted by atomic mass is 10.1. The monoisotopic (exact) mass is 208 g/mol. The van der Waals surface area contributed by atoms with E-state index in [-0.39, 0.29) is 11.7 Å². The van der Waals surface area contributed by atoms with Crippen molar-refractivity contribution in [2.75, 3.05) is 0 Å². The maximum atomic E-state index is 5.93. The highest BCUT2D eigenvalue weighted by molar-refractivity contribution is 6.33. The van der Waals surface area contributed by atoms with Crippen LogP contribution >= 0.6 is 0 Å². The van der Waals surface area contributed by atoms with E-state index in [1.165, 1.54) is 10.8 Å². The lowest BCUT2D eigenvalue weighted by Crippen LogP contribution is -2.24. The molecule has 0 bridgehead atoms. The fraction of sp³-hybridized carbons (Fsp3) is 0.500. The minimum absolute atomic E-state index is 0.0662. The van der Waals surface area contributed by atoms with Crippen LogP contribution < -0.4 is 5.19 Å². The Hall–Kier alpha value is -0.603. The van der Waals surface area contributed by atoms with E-state index in [4.69, 9.17) is 4.74 Å². The van der Waals surface area contributed by atoms with Crippen molar-refractivity contribution in [1.29, 1.82) is 0 Å². The summed E-state index contributed by atoms with van der Waals surface area (Å²) in [7, 11) is 1.08. The Kier molecular flexibility index (Phi) is 3.51. The first-order chi connectivity index (χ1) is 6.40. The van der Waals surface area contributed by atoms with Gasteiger partial charge in [-0.3, -0.25) is 0 Å². The highest BCUT2D eigenvalue weighted by Gasteiger charge is 2.17. The average molecular weight is 208 g/mol. The Morgan fingerprint density at radius 3 is 2.29 bits per heavy atom. The Bertz CT molecular complexity index is 301. The van der Waals surface area contributed by atoms with Crippen LogP contribution in [0.1, 0.15) is 39.4 Å². The summed E-state index contributed by atoms with van der Waals surface area (Å²) in [6, 6.07) is 8.53. The summed E-state index contributed by atoms with van der Waals surface area (Å²) in [4.78, 5) is 0. The van der Waals surface area contributed by atoms with Crippen LogP contribution in [0.5, 0.6) is 0 Å². The van der Waals surface area contributed by atoms with E-state index in [9.17, 15) is 0 Å². The van der Waals surface area contributed by atoms with Crippen molar-refractivity contribution in [2.24, 2.45) is 0 Å². The van der Waals surface area contributed by atoms with Crippen LogP contribution in [-0.4, -0.2) is 15.8 Å². The predicted octanol–water partition coefficient (Wildman–Crippen LogP) is 1.55. The first kappa shape index (κ1) is 11.5. The largest absolute Gasteiger partial charge is 0.368 e. The summed E-state index contributed by atoms with van der Waals surface area (Å²) in [6.07, 6.45) is 0.198. The van der Waals surface area contributed by atoms with Gasteiger partial charge in [-0.2, -0.15) is 0 Å². The Morgan fingerprint density at radius 1 is 1.21 bits per heavy atom. The van der Waals surface area contributed by atoms with Crippen LogP contribution in [0.25, 0.3) is 0 Å². The van der Waals surface area contributed by atoms with Crippen LogP contribution in [0.4, 0.5) is 0 Å². The average Bonchev–Trinajstić information content (AvgIpc) is 2.01. The molecule has 0 heterocycles. The minimum atomic E-state index is -0.0662. The summed E-state index contributed by atoms with van der Waals surface area (Å²) < 4.78 is 5.93. The molecule has 0 saturated carbocycles. The van der Waals surface area contributed by atoms with Gasteiger partial charge < -0.3 is 4.74 Å². The van der Waals surface area contributed by atoms with E-state index in [0.29, 0.717) is 0 Å². The van der Waals surface area contributed by atoms with Gasteiger partial charge in [-0.05, 0) is 33.3 Å². The maximum Gasteiger partial charge on any atom is 0.0802 e. The molecule has 0 N–H and O–H groups in total. The molecule has 0 radical (unpaired) electrons.